The van der Waals surface area contributed by atoms with Crippen LogP contribution in [-0.2, 0) is 7.05 Å². The maximum absolute atomic E-state index is 6.07. The van der Waals surface area contributed by atoms with Crippen LogP contribution in [0.3, 0.4) is 0 Å². The first-order valence-corrected chi connectivity index (χ1v) is 6.77. The van der Waals surface area contributed by atoms with Crippen LogP contribution < -0.4 is 16.3 Å². The van der Waals surface area contributed by atoms with Gasteiger partial charge in [-0.25, -0.2) is 0 Å². The Hall–Kier alpha value is -2.53. The Morgan fingerprint density at radius 3 is 2.48 bits per heavy atom. The summed E-state index contributed by atoms with van der Waals surface area (Å²) in [5, 5.41) is 4.87. The SMILES string of the molecule is Cn1cc(-c2cc(-c3ccc(Cl)cc3)c[n+](N)c2N)cn1. The molecule has 0 saturated carbocycles. The number of nitrogens with zero attached hydrogens (tertiary/aromatic N) is 3. The third kappa shape index (κ3) is 2.55. The minimum absolute atomic E-state index is 0.487. The molecule has 1 aromatic carbocycles. The normalized spacial score (nSPS) is 10.8. The molecule has 21 heavy (non-hydrogen) atoms. The molecule has 0 bridgehead atoms. The molecule has 0 saturated heterocycles. The van der Waals surface area contributed by atoms with Crippen LogP contribution in [0.15, 0.2) is 48.9 Å². The first-order valence-electron chi connectivity index (χ1n) is 6.40. The summed E-state index contributed by atoms with van der Waals surface area (Å²) in [4.78, 5) is 0. The maximum Gasteiger partial charge on any atom is 0.303 e. The van der Waals surface area contributed by atoms with Gasteiger partial charge in [0.1, 0.15) is 6.20 Å². The van der Waals surface area contributed by atoms with Gasteiger partial charge in [-0.05, 0) is 23.8 Å². The average molecular weight is 301 g/mol. The molecule has 6 heteroatoms. The number of nitrogens with two attached hydrogens (primary N) is 2. The molecule has 2 heterocycles. The first kappa shape index (κ1) is 13.5. The molecule has 0 aliphatic heterocycles. The topological polar surface area (TPSA) is 73.7 Å². The summed E-state index contributed by atoms with van der Waals surface area (Å²) >= 11 is 5.92. The molecule has 106 valence electrons. The number of pyridine rings is 1. The van der Waals surface area contributed by atoms with E-state index in [0.717, 1.165) is 22.3 Å². The fourth-order valence-corrected chi connectivity index (χ4v) is 2.34. The van der Waals surface area contributed by atoms with Crippen molar-refractivity contribution in [2.24, 2.45) is 7.05 Å². The molecule has 0 radical (unpaired) electrons. The van der Waals surface area contributed by atoms with E-state index in [2.05, 4.69) is 5.10 Å². The van der Waals surface area contributed by atoms with Crippen molar-refractivity contribution in [3.8, 4) is 22.3 Å². The van der Waals surface area contributed by atoms with Crippen LogP contribution in [0.1, 0.15) is 0 Å². The van der Waals surface area contributed by atoms with Gasteiger partial charge in [-0.15, -0.1) is 4.68 Å². The second-order valence-corrected chi connectivity index (χ2v) is 5.28. The van der Waals surface area contributed by atoms with Crippen LogP contribution in [0.25, 0.3) is 22.3 Å². The molecule has 0 aliphatic carbocycles. The van der Waals surface area contributed by atoms with Gasteiger partial charge in [0.2, 0.25) is 0 Å². The van der Waals surface area contributed by atoms with E-state index in [1.54, 1.807) is 17.1 Å². The third-order valence-corrected chi connectivity index (χ3v) is 3.58. The fraction of sp³-hybridized carbons (Fsp3) is 0.0667. The summed E-state index contributed by atoms with van der Waals surface area (Å²) in [7, 11) is 1.86. The Morgan fingerprint density at radius 1 is 1.14 bits per heavy atom. The second kappa shape index (κ2) is 5.10. The summed E-state index contributed by atoms with van der Waals surface area (Å²) in [6.07, 6.45) is 5.45. The number of rotatable bonds is 2. The number of anilines is 1. The Morgan fingerprint density at radius 2 is 1.86 bits per heavy atom. The van der Waals surface area contributed by atoms with Crippen LogP contribution in [0.5, 0.6) is 0 Å². The van der Waals surface area contributed by atoms with Gasteiger partial charge in [-0.3, -0.25) is 16.3 Å². The van der Waals surface area contributed by atoms with E-state index >= 15 is 0 Å². The molecule has 3 rings (SSSR count). The highest BCUT2D eigenvalue weighted by Crippen LogP contribution is 2.28. The van der Waals surface area contributed by atoms with E-state index < -0.39 is 0 Å². The summed E-state index contributed by atoms with van der Waals surface area (Å²) < 4.78 is 3.15. The Bertz CT molecular complexity index is 792. The average Bonchev–Trinajstić information content (AvgIpc) is 2.89. The molecule has 0 spiro atoms. The fourth-order valence-electron chi connectivity index (χ4n) is 2.22. The number of halogens is 1. The lowest BCUT2D eigenvalue weighted by Crippen LogP contribution is -2.47. The van der Waals surface area contributed by atoms with Gasteiger partial charge < -0.3 is 0 Å². The quantitative estimate of drug-likeness (QED) is 0.561. The van der Waals surface area contributed by atoms with E-state index in [0.29, 0.717) is 10.8 Å². The van der Waals surface area contributed by atoms with Gasteiger partial charge in [-0.2, -0.15) is 5.10 Å². The number of nitrogen functional groups attached to an aromatic ring is 2. The number of aryl methyl sites for hydroxylation is 1. The van der Waals surface area contributed by atoms with Crippen LogP contribution in [0.4, 0.5) is 5.82 Å². The highest BCUT2D eigenvalue weighted by atomic mass is 35.5. The molecule has 5 nitrogen and oxygen atoms in total. The van der Waals surface area contributed by atoms with Crippen molar-refractivity contribution in [3.63, 3.8) is 0 Å². The number of benzene rings is 1. The highest BCUT2D eigenvalue weighted by molar-refractivity contribution is 6.30. The van der Waals surface area contributed by atoms with Crippen LogP contribution in [0, 0.1) is 0 Å². The number of aromatic nitrogens is 3. The molecular formula is C15H15ClN5+. The number of hydrogen-bond acceptors (Lipinski definition) is 3. The minimum Gasteiger partial charge on any atom is -0.285 e. The lowest BCUT2D eigenvalue weighted by molar-refractivity contribution is -0.622. The zero-order valence-corrected chi connectivity index (χ0v) is 12.2. The summed E-state index contributed by atoms with van der Waals surface area (Å²) in [6, 6.07) is 9.58. The van der Waals surface area contributed by atoms with Crippen molar-refractivity contribution >= 4 is 17.4 Å². The van der Waals surface area contributed by atoms with Gasteiger partial charge in [0.15, 0.2) is 0 Å². The molecule has 3 aromatic rings. The van der Waals surface area contributed by atoms with Gasteiger partial charge in [0, 0.05) is 29.4 Å². The van der Waals surface area contributed by atoms with Crippen molar-refractivity contribution in [1.29, 1.82) is 0 Å². The van der Waals surface area contributed by atoms with E-state index in [9.17, 15) is 0 Å². The smallest absolute Gasteiger partial charge is 0.285 e. The molecule has 0 amide bonds. The lowest BCUT2D eigenvalue weighted by atomic mass is 10.0. The van der Waals surface area contributed by atoms with Gasteiger partial charge in [0.25, 0.3) is 0 Å². The Labute approximate surface area is 127 Å². The highest BCUT2D eigenvalue weighted by Gasteiger charge is 2.16. The van der Waals surface area contributed by atoms with Crippen molar-refractivity contribution in [2.75, 3.05) is 11.6 Å². The zero-order chi connectivity index (χ0) is 15.0. The van der Waals surface area contributed by atoms with Crippen molar-refractivity contribution in [1.82, 2.24) is 9.78 Å². The van der Waals surface area contributed by atoms with Crippen LogP contribution in [-0.4, -0.2) is 9.78 Å². The molecular weight excluding hydrogens is 286 g/mol. The summed E-state index contributed by atoms with van der Waals surface area (Å²) in [5.74, 6) is 6.46. The maximum atomic E-state index is 6.07. The monoisotopic (exact) mass is 300 g/mol. The van der Waals surface area contributed by atoms with E-state index in [1.165, 1.54) is 4.68 Å². The Kier molecular flexibility index (Phi) is 3.27. The van der Waals surface area contributed by atoms with E-state index in [1.807, 2.05) is 43.6 Å². The molecule has 2 aromatic heterocycles. The minimum atomic E-state index is 0.487. The van der Waals surface area contributed by atoms with Gasteiger partial charge >= 0.3 is 5.82 Å². The lowest BCUT2D eigenvalue weighted by Gasteiger charge is -2.07. The predicted molar refractivity (Wildman–Crippen MR) is 83.8 cm³/mol. The molecule has 0 aliphatic rings. The van der Waals surface area contributed by atoms with Crippen LogP contribution >= 0.6 is 11.6 Å². The number of hydrogen-bond donors (Lipinski definition) is 2. The predicted octanol–water partition coefficient (Wildman–Crippen LogP) is 1.99. The molecule has 0 unspecified atom stereocenters. The van der Waals surface area contributed by atoms with Gasteiger partial charge in [0.05, 0.1) is 11.8 Å². The summed E-state index contributed by atoms with van der Waals surface area (Å²) in [6.45, 7) is 0. The second-order valence-electron chi connectivity index (χ2n) is 4.84. The van der Waals surface area contributed by atoms with Gasteiger partial charge in [-0.1, -0.05) is 23.7 Å². The molecule has 4 N–H and O–H groups in total. The van der Waals surface area contributed by atoms with E-state index in [4.69, 9.17) is 23.2 Å². The molecule has 0 fully saturated rings. The van der Waals surface area contributed by atoms with E-state index in [-0.39, 0.29) is 0 Å². The molecule has 0 atom stereocenters. The first-order chi connectivity index (χ1) is 10.0. The third-order valence-electron chi connectivity index (χ3n) is 3.33. The van der Waals surface area contributed by atoms with Crippen molar-refractivity contribution in [2.45, 2.75) is 0 Å². The standard InChI is InChI=1S/C15H14ClN5/c1-20-8-12(7-19-20)14-6-11(9-21(18)15(14)17)10-2-4-13(16)5-3-10/h2-9,17H,18H2,1H3/p+1. The largest absolute Gasteiger partial charge is 0.303 e. The van der Waals surface area contributed by atoms with Crippen molar-refractivity contribution in [3.05, 3.63) is 53.9 Å². The summed E-state index contributed by atoms with van der Waals surface area (Å²) in [5.41, 5.74) is 9.82. The zero-order valence-electron chi connectivity index (χ0n) is 11.5. The Balaban J connectivity index is 2.15. The van der Waals surface area contributed by atoms with Crippen LogP contribution in [0.2, 0.25) is 5.02 Å². The van der Waals surface area contributed by atoms with Crippen molar-refractivity contribution < 1.29 is 4.68 Å².